The normalized spacial score (nSPS) is 19.7. The van der Waals surface area contributed by atoms with Gasteiger partial charge in [0.2, 0.25) is 0 Å². The first kappa shape index (κ1) is 8.57. The van der Waals surface area contributed by atoms with Gasteiger partial charge in [0.15, 0.2) is 0 Å². The predicted octanol–water partition coefficient (Wildman–Crippen LogP) is 2.03. The van der Waals surface area contributed by atoms with Crippen molar-refractivity contribution in [1.29, 1.82) is 0 Å². The molecule has 2 nitrogen and oxygen atoms in total. The molecule has 0 saturated heterocycles. The highest BCUT2D eigenvalue weighted by Gasteiger charge is 2.20. The Morgan fingerprint density at radius 2 is 2.38 bits per heavy atom. The van der Waals surface area contributed by atoms with Crippen LogP contribution in [0.25, 0.3) is 0 Å². The van der Waals surface area contributed by atoms with Gasteiger partial charge in [-0.3, -0.25) is 0 Å². The number of fused-ring (bicyclic) bond motifs is 1. The van der Waals surface area contributed by atoms with Crippen LogP contribution in [-0.2, 0) is 6.42 Å². The molecular weight excluding hydrogens is 162 g/mol. The SMILES string of the molecule is CCCc1ccc2c(c1)C(N)CO2. The minimum atomic E-state index is 0.0757. The summed E-state index contributed by atoms with van der Waals surface area (Å²) >= 11 is 0. The van der Waals surface area contributed by atoms with Crippen molar-refractivity contribution in [2.75, 3.05) is 6.61 Å². The highest BCUT2D eigenvalue weighted by Crippen LogP contribution is 2.31. The molecule has 0 aromatic heterocycles. The topological polar surface area (TPSA) is 35.2 Å². The van der Waals surface area contributed by atoms with Crippen LogP contribution >= 0.6 is 0 Å². The first-order valence-electron chi connectivity index (χ1n) is 4.82. The molecule has 2 heteroatoms. The van der Waals surface area contributed by atoms with E-state index in [0.717, 1.165) is 12.2 Å². The fraction of sp³-hybridized carbons (Fsp3) is 0.455. The van der Waals surface area contributed by atoms with E-state index in [-0.39, 0.29) is 6.04 Å². The van der Waals surface area contributed by atoms with Crippen LogP contribution in [0.15, 0.2) is 18.2 Å². The zero-order chi connectivity index (χ0) is 9.26. The van der Waals surface area contributed by atoms with Crippen molar-refractivity contribution in [3.63, 3.8) is 0 Å². The third-order valence-corrected chi connectivity index (χ3v) is 2.43. The molecule has 1 aliphatic rings. The van der Waals surface area contributed by atoms with Gasteiger partial charge in [0.05, 0.1) is 6.04 Å². The number of ether oxygens (including phenoxy) is 1. The molecule has 0 aliphatic carbocycles. The molecule has 1 aliphatic heterocycles. The first-order chi connectivity index (χ1) is 6.31. The maximum atomic E-state index is 5.89. The van der Waals surface area contributed by atoms with Gasteiger partial charge in [-0.15, -0.1) is 0 Å². The summed E-state index contributed by atoms with van der Waals surface area (Å²) in [5.74, 6) is 0.965. The van der Waals surface area contributed by atoms with Gasteiger partial charge in [-0.1, -0.05) is 25.5 Å². The number of hydrogen-bond acceptors (Lipinski definition) is 2. The first-order valence-corrected chi connectivity index (χ1v) is 4.82. The molecule has 70 valence electrons. The zero-order valence-corrected chi connectivity index (χ0v) is 7.92. The molecule has 13 heavy (non-hydrogen) atoms. The van der Waals surface area contributed by atoms with Crippen LogP contribution in [0.3, 0.4) is 0 Å². The molecule has 0 fully saturated rings. The Morgan fingerprint density at radius 3 is 3.15 bits per heavy atom. The maximum Gasteiger partial charge on any atom is 0.124 e. The third kappa shape index (κ3) is 1.54. The summed E-state index contributed by atoms with van der Waals surface area (Å²) in [5.41, 5.74) is 8.42. The Bertz CT molecular complexity index is 309. The van der Waals surface area contributed by atoms with E-state index in [2.05, 4.69) is 19.1 Å². The van der Waals surface area contributed by atoms with Crippen LogP contribution in [0.2, 0.25) is 0 Å². The van der Waals surface area contributed by atoms with Crippen molar-refractivity contribution in [1.82, 2.24) is 0 Å². The molecule has 0 saturated carbocycles. The van der Waals surface area contributed by atoms with Crippen LogP contribution in [0.5, 0.6) is 5.75 Å². The lowest BCUT2D eigenvalue weighted by atomic mass is 10.0. The van der Waals surface area contributed by atoms with Crippen molar-refractivity contribution >= 4 is 0 Å². The van der Waals surface area contributed by atoms with E-state index in [4.69, 9.17) is 10.5 Å². The monoisotopic (exact) mass is 177 g/mol. The minimum absolute atomic E-state index is 0.0757. The zero-order valence-electron chi connectivity index (χ0n) is 7.92. The fourth-order valence-electron chi connectivity index (χ4n) is 1.73. The van der Waals surface area contributed by atoms with Crippen molar-refractivity contribution < 1.29 is 4.74 Å². The molecule has 2 rings (SSSR count). The molecule has 0 bridgehead atoms. The Morgan fingerprint density at radius 1 is 1.54 bits per heavy atom. The van der Waals surface area contributed by atoms with Gasteiger partial charge in [0.25, 0.3) is 0 Å². The van der Waals surface area contributed by atoms with Crippen LogP contribution in [-0.4, -0.2) is 6.61 Å². The van der Waals surface area contributed by atoms with Gasteiger partial charge >= 0.3 is 0 Å². The van der Waals surface area contributed by atoms with Crippen molar-refractivity contribution in [2.24, 2.45) is 5.73 Å². The van der Waals surface area contributed by atoms with E-state index in [1.807, 2.05) is 6.07 Å². The minimum Gasteiger partial charge on any atom is -0.491 e. The highest BCUT2D eigenvalue weighted by atomic mass is 16.5. The number of rotatable bonds is 2. The van der Waals surface area contributed by atoms with Crippen LogP contribution in [0, 0.1) is 0 Å². The van der Waals surface area contributed by atoms with Crippen LogP contribution in [0.4, 0.5) is 0 Å². The second kappa shape index (κ2) is 3.38. The number of aryl methyl sites for hydroxylation is 1. The number of benzene rings is 1. The highest BCUT2D eigenvalue weighted by molar-refractivity contribution is 5.42. The van der Waals surface area contributed by atoms with Gasteiger partial charge in [-0.2, -0.15) is 0 Å². The van der Waals surface area contributed by atoms with E-state index >= 15 is 0 Å². The number of hydrogen-bond donors (Lipinski definition) is 1. The van der Waals surface area contributed by atoms with Gasteiger partial charge in [-0.05, 0) is 18.1 Å². The fourth-order valence-corrected chi connectivity index (χ4v) is 1.73. The van der Waals surface area contributed by atoms with Crippen LogP contribution in [0.1, 0.15) is 30.5 Å². The molecule has 1 atom stereocenters. The molecule has 0 spiro atoms. The maximum absolute atomic E-state index is 5.89. The third-order valence-electron chi connectivity index (χ3n) is 2.43. The summed E-state index contributed by atoms with van der Waals surface area (Å²) in [5, 5.41) is 0. The molecule has 1 unspecified atom stereocenters. The summed E-state index contributed by atoms with van der Waals surface area (Å²) in [7, 11) is 0. The van der Waals surface area contributed by atoms with Gasteiger partial charge in [-0.25, -0.2) is 0 Å². The van der Waals surface area contributed by atoms with Gasteiger partial charge in [0.1, 0.15) is 12.4 Å². The van der Waals surface area contributed by atoms with E-state index in [1.54, 1.807) is 0 Å². The summed E-state index contributed by atoms with van der Waals surface area (Å²) in [6, 6.07) is 6.41. The molecule has 1 heterocycles. The second-order valence-electron chi connectivity index (χ2n) is 3.54. The molecule has 2 N–H and O–H groups in total. The lowest BCUT2D eigenvalue weighted by Crippen LogP contribution is -2.10. The Hall–Kier alpha value is -1.02. The summed E-state index contributed by atoms with van der Waals surface area (Å²) in [4.78, 5) is 0. The lowest BCUT2D eigenvalue weighted by Gasteiger charge is -2.03. The van der Waals surface area contributed by atoms with E-state index < -0.39 is 0 Å². The molecule has 0 amide bonds. The van der Waals surface area contributed by atoms with Crippen molar-refractivity contribution in [3.05, 3.63) is 29.3 Å². The lowest BCUT2D eigenvalue weighted by molar-refractivity contribution is 0.333. The van der Waals surface area contributed by atoms with Crippen molar-refractivity contribution in [2.45, 2.75) is 25.8 Å². The molecule has 0 radical (unpaired) electrons. The summed E-state index contributed by atoms with van der Waals surface area (Å²) in [6.07, 6.45) is 2.30. The molecule has 1 aromatic rings. The van der Waals surface area contributed by atoms with Crippen LogP contribution < -0.4 is 10.5 Å². The molecular formula is C11H15NO. The molecule has 1 aromatic carbocycles. The predicted molar refractivity (Wildman–Crippen MR) is 52.9 cm³/mol. The Kier molecular flexibility index (Phi) is 2.23. The summed E-state index contributed by atoms with van der Waals surface area (Å²) in [6.45, 7) is 2.81. The largest absolute Gasteiger partial charge is 0.491 e. The number of nitrogens with two attached hydrogens (primary N) is 1. The standard InChI is InChI=1S/C11H15NO/c1-2-3-8-4-5-11-9(6-8)10(12)7-13-11/h4-6,10H,2-3,7,12H2,1H3. The summed E-state index contributed by atoms with van der Waals surface area (Å²) < 4.78 is 5.42. The van der Waals surface area contributed by atoms with Gasteiger partial charge in [0, 0.05) is 5.56 Å². The average molecular weight is 177 g/mol. The van der Waals surface area contributed by atoms with Crippen molar-refractivity contribution in [3.8, 4) is 5.75 Å². The average Bonchev–Trinajstić information content (AvgIpc) is 2.49. The Balaban J connectivity index is 2.31. The quantitative estimate of drug-likeness (QED) is 0.750. The van der Waals surface area contributed by atoms with E-state index in [0.29, 0.717) is 6.61 Å². The smallest absolute Gasteiger partial charge is 0.124 e. The van der Waals surface area contributed by atoms with E-state index in [1.165, 1.54) is 17.5 Å². The van der Waals surface area contributed by atoms with E-state index in [9.17, 15) is 0 Å². The second-order valence-corrected chi connectivity index (χ2v) is 3.54. The van der Waals surface area contributed by atoms with Gasteiger partial charge < -0.3 is 10.5 Å². The Labute approximate surface area is 78.7 Å².